The van der Waals surface area contributed by atoms with E-state index in [0.29, 0.717) is 17.8 Å². The number of amides is 1. The number of hydrogen-bond acceptors (Lipinski definition) is 5. The second-order valence-corrected chi connectivity index (χ2v) is 4.03. The van der Waals surface area contributed by atoms with Crippen LogP contribution in [0.4, 0.5) is 5.82 Å². The molecule has 0 radical (unpaired) electrons. The molecular formula is C13H15N5O. The van der Waals surface area contributed by atoms with Gasteiger partial charge in [0.1, 0.15) is 17.9 Å². The molecule has 0 aromatic carbocycles. The Morgan fingerprint density at radius 3 is 2.74 bits per heavy atom. The van der Waals surface area contributed by atoms with Crippen molar-refractivity contribution >= 4 is 11.7 Å². The van der Waals surface area contributed by atoms with Crippen LogP contribution in [0.5, 0.6) is 0 Å². The SMILES string of the molecule is CCC(C#N)NC(=O)CN(C)c1ccc(C#N)cn1. The minimum Gasteiger partial charge on any atom is -0.350 e. The fourth-order valence-corrected chi connectivity index (χ4v) is 1.44. The molecule has 1 rings (SSSR count). The first-order valence-electron chi connectivity index (χ1n) is 5.87. The Labute approximate surface area is 112 Å². The van der Waals surface area contributed by atoms with E-state index in [-0.39, 0.29) is 12.5 Å². The number of nitriles is 2. The Hall–Kier alpha value is -2.60. The highest BCUT2D eigenvalue weighted by atomic mass is 16.2. The predicted molar refractivity (Wildman–Crippen MR) is 70.1 cm³/mol. The van der Waals surface area contributed by atoms with E-state index in [1.54, 1.807) is 24.1 Å². The van der Waals surface area contributed by atoms with Crippen LogP contribution in [-0.4, -0.2) is 30.5 Å². The molecule has 0 aliphatic rings. The zero-order valence-electron chi connectivity index (χ0n) is 10.9. The maximum atomic E-state index is 11.7. The van der Waals surface area contributed by atoms with Gasteiger partial charge in [0, 0.05) is 13.2 Å². The number of hydrogen-bond donors (Lipinski definition) is 1. The third-order valence-corrected chi connectivity index (χ3v) is 2.55. The van der Waals surface area contributed by atoms with E-state index in [4.69, 9.17) is 10.5 Å². The number of anilines is 1. The summed E-state index contributed by atoms with van der Waals surface area (Å²) in [7, 11) is 1.72. The van der Waals surface area contributed by atoms with E-state index in [9.17, 15) is 4.79 Å². The van der Waals surface area contributed by atoms with Crippen molar-refractivity contribution in [3.8, 4) is 12.1 Å². The largest absolute Gasteiger partial charge is 0.350 e. The summed E-state index contributed by atoms with van der Waals surface area (Å²) in [4.78, 5) is 17.4. The fourth-order valence-electron chi connectivity index (χ4n) is 1.44. The molecule has 6 heteroatoms. The van der Waals surface area contributed by atoms with Crippen molar-refractivity contribution in [2.24, 2.45) is 0 Å². The molecule has 0 fully saturated rings. The van der Waals surface area contributed by atoms with Crippen LogP contribution in [0.15, 0.2) is 18.3 Å². The molecule has 6 nitrogen and oxygen atoms in total. The van der Waals surface area contributed by atoms with Gasteiger partial charge in [-0.25, -0.2) is 4.98 Å². The van der Waals surface area contributed by atoms with Crippen LogP contribution in [0.2, 0.25) is 0 Å². The standard InChI is InChI=1S/C13H15N5O/c1-3-11(7-15)17-13(19)9-18(2)12-5-4-10(6-14)8-16-12/h4-5,8,11H,3,9H2,1-2H3,(H,17,19). The lowest BCUT2D eigenvalue weighted by atomic mass is 10.2. The van der Waals surface area contributed by atoms with E-state index >= 15 is 0 Å². The second-order valence-electron chi connectivity index (χ2n) is 4.03. The lowest BCUT2D eigenvalue weighted by Crippen LogP contribution is -2.40. The van der Waals surface area contributed by atoms with Crippen molar-refractivity contribution in [1.82, 2.24) is 10.3 Å². The van der Waals surface area contributed by atoms with Crippen LogP contribution in [0, 0.1) is 22.7 Å². The maximum absolute atomic E-state index is 11.7. The summed E-state index contributed by atoms with van der Waals surface area (Å²) < 4.78 is 0. The molecule has 0 aliphatic heterocycles. The van der Waals surface area contributed by atoms with Gasteiger partial charge in [-0.1, -0.05) is 6.92 Å². The molecule has 1 aromatic heterocycles. The van der Waals surface area contributed by atoms with Gasteiger partial charge >= 0.3 is 0 Å². The molecule has 1 N–H and O–H groups in total. The van der Waals surface area contributed by atoms with Crippen molar-refractivity contribution in [1.29, 1.82) is 10.5 Å². The highest BCUT2D eigenvalue weighted by molar-refractivity contribution is 5.81. The Morgan fingerprint density at radius 2 is 2.26 bits per heavy atom. The first kappa shape index (κ1) is 14.5. The molecule has 1 aromatic rings. The van der Waals surface area contributed by atoms with Gasteiger partial charge in [0.25, 0.3) is 0 Å². The molecule has 98 valence electrons. The number of nitrogens with one attached hydrogen (secondary N) is 1. The lowest BCUT2D eigenvalue weighted by Gasteiger charge is -2.18. The van der Waals surface area contributed by atoms with Crippen molar-refractivity contribution in [2.45, 2.75) is 19.4 Å². The monoisotopic (exact) mass is 257 g/mol. The average Bonchev–Trinajstić information content (AvgIpc) is 2.44. The summed E-state index contributed by atoms with van der Waals surface area (Å²) in [6, 6.07) is 6.84. The number of likely N-dealkylation sites (N-methyl/N-ethyl adjacent to an activating group) is 1. The van der Waals surface area contributed by atoms with Gasteiger partial charge in [0.2, 0.25) is 5.91 Å². The number of carbonyl (C=O) groups excluding carboxylic acids is 1. The highest BCUT2D eigenvalue weighted by Gasteiger charge is 2.12. The van der Waals surface area contributed by atoms with Gasteiger partial charge < -0.3 is 10.2 Å². The number of rotatable bonds is 5. The Kier molecular flexibility index (Phi) is 5.31. The van der Waals surface area contributed by atoms with Crippen molar-refractivity contribution in [2.75, 3.05) is 18.5 Å². The van der Waals surface area contributed by atoms with E-state index in [2.05, 4.69) is 10.3 Å². The zero-order chi connectivity index (χ0) is 14.3. The summed E-state index contributed by atoms with van der Waals surface area (Å²) in [6.45, 7) is 1.94. The number of carbonyl (C=O) groups is 1. The van der Waals surface area contributed by atoms with Crippen LogP contribution >= 0.6 is 0 Å². The maximum Gasteiger partial charge on any atom is 0.240 e. The summed E-state index contributed by atoms with van der Waals surface area (Å²) in [5.74, 6) is 0.362. The van der Waals surface area contributed by atoms with Crippen LogP contribution in [-0.2, 0) is 4.79 Å². The van der Waals surface area contributed by atoms with E-state index in [0.717, 1.165) is 0 Å². The van der Waals surface area contributed by atoms with Gasteiger partial charge in [0.05, 0.1) is 18.2 Å². The minimum absolute atomic E-state index is 0.108. The zero-order valence-corrected chi connectivity index (χ0v) is 10.9. The fraction of sp³-hybridized carbons (Fsp3) is 0.385. The first-order valence-corrected chi connectivity index (χ1v) is 5.87. The summed E-state index contributed by atoms with van der Waals surface area (Å²) in [5.41, 5.74) is 0.470. The van der Waals surface area contributed by atoms with Crippen LogP contribution in [0.1, 0.15) is 18.9 Å². The van der Waals surface area contributed by atoms with E-state index in [1.807, 2.05) is 19.1 Å². The van der Waals surface area contributed by atoms with Crippen molar-refractivity contribution in [3.63, 3.8) is 0 Å². The van der Waals surface area contributed by atoms with Gasteiger partial charge in [0.15, 0.2) is 0 Å². The topological polar surface area (TPSA) is 92.8 Å². The van der Waals surface area contributed by atoms with E-state index in [1.165, 1.54) is 6.20 Å². The predicted octanol–water partition coefficient (Wildman–Crippen LogP) is 0.808. The highest BCUT2D eigenvalue weighted by Crippen LogP contribution is 2.08. The van der Waals surface area contributed by atoms with Crippen molar-refractivity contribution < 1.29 is 4.79 Å². The van der Waals surface area contributed by atoms with Gasteiger partial charge in [-0.2, -0.15) is 10.5 Å². The second kappa shape index (κ2) is 6.97. The third kappa shape index (κ3) is 4.29. The smallest absolute Gasteiger partial charge is 0.240 e. The molecule has 0 aliphatic carbocycles. The molecule has 1 atom stereocenters. The molecule has 19 heavy (non-hydrogen) atoms. The van der Waals surface area contributed by atoms with Gasteiger partial charge in [-0.15, -0.1) is 0 Å². The van der Waals surface area contributed by atoms with Crippen LogP contribution < -0.4 is 10.2 Å². The molecule has 0 saturated heterocycles. The Balaban J connectivity index is 2.59. The minimum atomic E-state index is -0.463. The average molecular weight is 257 g/mol. The van der Waals surface area contributed by atoms with Crippen LogP contribution in [0.3, 0.4) is 0 Å². The third-order valence-electron chi connectivity index (χ3n) is 2.55. The molecule has 1 amide bonds. The van der Waals surface area contributed by atoms with Crippen molar-refractivity contribution in [3.05, 3.63) is 23.9 Å². The normalized spacial score (nSPS) is 10.9. The number of nitrogens with zero attached hydrogens (tertiary/aromatic N) is 4. The molecule has 1 heterocycles. The van der Waals surface area contributed by atoms with Gasteiger partial charge in [-0.05, 0) is 18.6 Å². The quantitative estimate of drug-likeness (QED) is 0.842. The summed E-state index contributed by atoms with van der Waals surface area (Å²) in [5, 5.41) is 20.0. The first-order chi connectivity index (χ1) is 9.10. The number of aromatic nitrogens is 1. The number of pyridine rings is 1. The molecule has 0 spiro atoms. The molecular weight excluding hydrogens is 242 g/mol. The molecule has 1 unspecified atom stereocenters. The van der Waals surface area contributed by atoms with Gasteiger partial charge in [-0.3, -0.25) is 4.79 Å². The van der Waals surface area contributed by atoms with Crippen LogP contribution in [0.25, 0.3) is 0 Å². The molecule has 0 saturated carbocycles. The lowest BCUT2D eigenvalue weighted by molar-refractivity contribution is -0.120. The Bertz CT molecular complexity index is 511. The molecule has 0 bridgehead atoms. The summed E-state index contributed by atoms with van der Waals surface area (Å²) in [6.07, 6.45) is 2.02. The van der Waals surface area contributed by atoms with E-state index < -0.39 is 6.04 Å². The Morgan fingerprint density at radius 1 is 1.53 bits per heavy atom. The summed E-state index contributed by atoms with van der Waals surface area (Å²) >= 11 is 0.